The molecule has 5 aliphatic heterocycles. The summed E-state index contributed by atoms with van der Waals surface area (Å²) in [5.74, 6) is 0.897. The molecule has 5 heterocycles. The number of piperidine rings is 4. The summed E-state index contributed by atoms with van der Waals surface area (Å²) in [5.41, 5.74) is 2.49. The highest BCUT2D eigenvalue weighted by molar-refractivity contribution is 5.70. The molecular weight excluding hydrogens is 340 g/mol. The van der Waals surface area contributed by atoms with Crippen LogP contribution in [0.25, 0.3) is 0 Å². The average molecular weight is 368 g/mol. The number of hydrogen-bond donors (Lipinski definition) is 1. The van der Waals surface area contributed by atoms with Crippen LogP contribution in [0.2, 0.25) is 0 Å². The highest BCUT2D eigenvalue weighted by Gasteiger charge is 2.77. The number of fused-ring (bicyclic) bond motifs is 2. The maximum atomic E-state index is 12.2. The van der Waals surface area contributed by atoms with Gasteiger partial charge in [-0.1, -0.05) is 25.1 Å². The zero-order valence-electron chi connectivity index (χ0n) is 16.2. The fourth-order valence-corrected chi connectivity index (χ4v) is 8.21. The first kappa shape index (κ1) is 16.4. The number of benzene rings is 1. The molecule has 1 aliphatic carbocycles. The Balaban J connectivity index is 1.60. The van der Waals surface area contributed by atoms with Crippen molar-refractivity contribution in [3.8, 4) is 0 Å². The van der Waals surface area contributed by atoms with Crippen LogP contribution in [0.15, 0.2) is 24.3 Å². The third-order valence-corrected chi connectivity index (χ3v) is 8.72. The van der Waals surface area contributed by atoms with E-state index in [9.17, 15) is 9.90 Å². The third kappa shape index (κ3) is 1.64. The van der Waals surface area contributed by atoms with Gasteiger partial charge in [-0.15, -0.1) is 0 Å². The highest BCUT2D eigenvalue weighted by Crippen LogP contribution is 2.69. The monoisotopic (exact) mass is 368 g/mol. The third-order valence-electron chi connectivity index (χ3n) is 8.72. The number of carbonyl (C=O) groups excluding carboxylic acids is 1. The maximum Gasteiger partial charge on any atom is 0.302 e. The Kier molecular flexibility index (Phi) is 3.07. The van der Waals surface area contributed by atoms with E-state index in [4.69, 9.17) is 4.74 Å². The Labute approximate surface area is 160 Å². The Morgan fingerprint density at radius 2 is 2.11 bits per heavy atom. The summed E-state index contributed by atoms with van der Waals surface area (Å²) in [6.45, 7) is 3.74. The number of para-hydroxylation sites is 1. The molecule has 1 unspecified atom stereocenters. The molecule has 0 aromatic heterocycles. The van der Waals surface area contributed by atoms with Crippen LogP contribution in [-0.4, -0.2) is 53.5 Å². The number of aliphatic hydroxyl groups is 1. The normalized spacial score (nSPS) is 50.7. The first-order valence-electron chi connectivity index (χ1n) is 10.5. The SMILES string of the molecule is CC[C@H]1[C@@H]2C[C@H]3[C@@H]4N(C)c5ccccc5[C@]45C[C@@H]([C@H]2[C@H]5OC(C)=O)N3[C@@H]1O. The number of aliphatic hydroxyl groups excluding tert-OH is 1. The molecule has 1 saturated carbocycles. The molecule has 5 bridgehead atoms. The number of carbonyl (C=O) groups is 1. The second-order valence-electron chi connectivity index (χ2n) is 9.39. The van der Waals surface area contributed by atoms with Crippen molar-refractivity contribution >= 4 is 11.7 Å². The molecule has 6 aliphatic rings. The van der Waals surface area contributed by atoms with Gasteiger partial charge in [0.25, 0.3) is 0 Å². The Bertz CT molecular complexity index is 828. The van der Waals surface area contributed by atoms with Crippen LogP contribution < -0.4 is 4.90 Å². The first-order valence-corrected chi connectivity index (χ1v) is 10.5. The molecule has 0 radical (unpaired) electrons. The van der Waals surface area contributed by atoms with E-state index in [0.29, 0.717) is 23.9 Å². The lowest BCUT2D eigenvalue weighted by Gasteiger charge is -2.62. The van der Waals surface area contributed by atoms with Gasteiger partial charge in [-0.2, -0.15) is 0 Å². The van der Waals surface area contributed by atoms with Crippen molar-refractivity contribution in [3.63, 3.8) is 0 Å². The molecule has 1 aromatic carbocycles. The standard InChI is InChI=1S/C22H28N2O3/c1-4-12-13-9-16-19-22(14-7-5-6-8-15(14)23(19)3)10-17(24(16)21(12)26)18(13)20(22)27-11(2)25/h5-8,12-13,16-21,26H,4,9-10H2,1-3H3/t12-,13-,16-,17-,18-,19-,20+,21+,22+/m0/s1. The van der Waals surface area contributed by atoms with Gasteiger partial charge in [-0.25, -0.2) is 0 Å². The van der Waals surface area contributed by atoms with Gasteiger partial charge in [-0.3, -0.25) is 9.69 Å². The molecule has 27 heavy (non-hydrogen) atoms. The van der Waals surface area contributed by atoms with Gasteiger partial charge in [0, 0.05) is 43.6 Å². The number of hydrogen-bond acceptors (Lipinski definition) is 5. The Hall–Kier alpha value is -1.59. The summed E-state index contributed by atoms with van der Waals surface area (Å²) < 4.78 is 6.17. The summed E-state index contributed by atoms with van der Waals surface area (Å²) >= 11 is 0. The number of esters is 1. The van der Waals surface area contributed by atoms with Crippen LogP contribution in [0, 0.1) is 17.8 Å². The van der Waals surface area contributed by atoms with E-state index in [1.54, 1.807) is 6.92 Å². The smallest absolute Gasteiger partial charge is 0.302 e. The summed E-state index contributed by atoms with van der Waals surface area (Å²) in [6, 6.07) is 9.60. The van der Waals surface area contributed by atoms with E-state index >= 15 is 0 Å². The second-order valence-corrected chi connectivity index (χ2v) is 9.39. The molecule has 144 valence electrons. The van der Waals surface area contributed by atoms with Crippen molar-refractivity contribution in [2.45, 2.75) is 69.0 Å². The van der Waals surface area contributed by atoms with E-state index in [2.05, 4.69) is 48.0 Å². The molecule has 1 aromatic rings. The number of anilines is 1. The first-order chi connectivity index (χ1) is 13.0. The van der Waals surface area contributed by atoms with Gasteiger partial charge >= 0.3 is 5.97 Å². The fourth-order valence-electron chi connectivity index (χ4n) is 8.21. The van der Waals surface area contributed by atoms with Gasteiger partial charge in [0.1, 0.15) is 12.3 Å². The molecule has 10 atom stereocenters. The minimum atomic E-state index is -0.355. The molecular formula is C22H28N2O3. The number of rotatable bonds is 2. The molecule has 0 amide bonds. The van der Waals surface area contributed by atoms with Crippen LogP contribution >= 0.6 is 0 Å². The summed E-state index contributed by atoms with van der Waals surface area (Å²) in [4.78, 5) is 17.0. The van der Waals surface area contributed by atoms with Crippen molar-refractivity contribution in [1.82, 2.24) is 4.90 Å². The zero-order chi connectivity index (χ0) is 18.7. The molecule has 5 nitrogen and oxygen atoms in total. The van der Waals surface area contributed by atoms with Gasteiger partial charge in [0.2, 0.25) is 0 Å². The molecule has 1 spiro atoms. The van der Waals surface area contributed by atoms with E-state index in [-0.39, 0.29) is 35.7 Å². The van der Waals surface area contributed by atoms with Gasteiger partial charge in [-0.05, 0) is 36.8 Å². The molecule has 5 heteroatoms. The highest BCUT2D eigenvalue weighted by atomic mass is 16.5. The second kappa shape index (κ2) is 5.06. The summed E-state index contributed by atoms with van der Waals surface area (Å²) in [7, 11) is 2.19. The lowest BCUT2D eigenvalue weighted by Crippen LogP contribution is -2.72. The van der Waals surface area contributed by atoms with Crippen LogP contribution in [0.1, 0.15) is 38.7 Å². The number of nitrogens with zero attached hydrogens (tertiary/aromatic N) is 2. The molecule has 7 rings (SSSR count). The van der Waals surface area contributed by atoms with Crippen LogP contribution in [0.3, 0.4) is 0 Å². The zero-order valence-corrected chi connectivity index (χ0v) is 16.2. The van der Waals surface area contributed by atoms with Gasteiger partial charge in [0.15, 0.2) is 0 Å². The molecule has 5 fully saturated rings. The molecule has 4 saturated heterocycles. The van der Waals surface area contributed by atoms with E-state index in [0.717, 1.165) is 19.3 Å². The van der Waals surface area contributed by atoms with Crippen molar-refractivity contribution in [3.05, 3.63) is 29.8 Å². The minimum absolute atomic E-state index is 0.0855. The predicted octanol–water partition coefficient (Wildman–Crippen LogP) is 2.13. The van der Waals surface area contributed by atoms with Crippen LogP contribution in [-0.2, 0) is 14.9 Å². The van der Waals surface area contributed by atoms with E-state index in [1.807, 2.05) is 0 Å². The van der Waals surface area contributed by atoms with Crippen molar-refractivity contribution in [2.24, 2.45) is 17.8 Å². The quantitative estimate of drug-likeness (QED) is 0.811. The predicted molar refractivity (Wildman–Crippen MR) is 101 cm³/mol. The van der Waals surface area contributed by atoms with E-state index in [1.165, 1.54) is 11.3 Å². The van der Waals surface area contributed by atoms with Gasteiger partial charge in [0.05, 0.1) is 11.5 Å². The van der Waals surface area contributed by atoms with Crippen molar-refractivity contribution < 1.29 is 14.6 Å². The topological polar surface area (TPSA) is 53.0 Å². The Morgan fingerprint density at radius 1 is 1.33 bits per heavy atom. The van der Waals surface area contributed by atoms with Crippen molar-refractivity contribution in [1.29, 1.82) is 0 Å². The lowest BCUT2D eigenvalue weighted by atomic mass is 9.62. The maximum absolute atomic E-state index is 12.2. The number of likely N-dealkylation sites (N-methyl/N-ethyl adjacent to an activating group) is 1. The summed E-state index contributed by atoms with van der Waals surface area (Å²) in [6.07, 6.45) is 2.64. The molecule has 1 N–H and O–H groups in total. The summed E-state index contributed by atoms with van der Waals surface area (Å²) in [5, 5.41) is 11.2. The largest absolute Gasteiger partial charge is 0.461 e. The lowest BCUT2D eigenvalue weighted by molar-refractivity contribution is -0.212. The average Bonchev–Trinajstić information content (AvgIpc) is 3.04. The van der Waals surface area contributed by atoms with Gasteiger partial charge < -0.3 is 14.7 Å². The Morgan fingerprint density at radius 3 is 2.85 bits per heavy atom. The fraction of sp³-hybridized carbons (Fsp3) is 0.682. The van der Waals surface area contributed by atoms with Crippen molar-refractivity contribution in [2.75, 3.05) is 11.9 Å². The van der Waals surface area contributed by atoms with E-state index < -0.39 is 0 Å². The minimum Gasteiger partial charge on any atom is -0.461 e. The van der Waals surface area contributed by atoms with Crippen LogP contribution in [0.4, 0.5) is 5.69 Å². The van der Waals surface area contributed by atoms with Crippen LogP contribution in [0.5, 0.6) is 0 Å². The number of ether oxygens (including phenoxy) is 1.